The van der Waals surface area contributed by atoms with Gasteiger partial charge in [-0.05, 0) is 25.1 Å². The van der Waals surface area contributed by atoms with Crippen LogP contribution in [0.2, 0.25) is 0 Å². The van der Waals surface area contributed by atoms with Crippen molar-refractivity contribution in [3.8, 4) is 0 Å². The minimum Gasteiger partial charge on any atom is -0.378 e. The Kier molecular flexibility index (Phi) is 5.73. The molecule has 0 aliphatic carbocycles. The van der Waals surface area contributed by atoms with E-state index in [9.17, 15) is 0 Å². The predicted octanol–water partition coefficient (Wildman–Crippen LogP) is 3.48. The fourth-order valence-corrected chi connectivity index (χ4v) is 3.19. The lowest BCUT2D eigenvalue weighted by atomic mass is 10.2. The lowest BCUT2D eigenvalue weighted by Gasteiger charge is -2.18. The normalized spacial score (nSPS) is 10.9. The first-order valence-corrected chi connectivity index (χ1v) is 7.96. The fourth-order valence-electron chi connectivity index (χ4n) is 2.18. The molecule has 0 radical (unpaired) electrons. The lowest BCUT2D eigenvalue weighted by molar-refractivity contribution is 0.181. The van der Waals surface area contributed by atoms with E-state index in [1.165, 1.54) is 16.1 Å². The first kappa shape index (κ1) is 15.9. The summed E-state index contributed by atoms with van der Waals surface area (Å²) in [5.74, 6) is 0. The van der Waals surface area contributed by atoms with Gasteiger partial charge in [0.1, 0.15) is 0 Å². The van der Waals surface area contributed by atoms with Crippen molar-refractivity contribution in [2.24, 2.45) is 0 Å². The molecular weight excluding hydrogens is 282 g/mol. The number of nitrogens with one attached hydrogen (secondary N) is 1. The van der Waals surface area contributed by atoms with Crippen LogP contribution in [0.5, 0.6) is 0 Å². The predicted molar refractivity (Wildman–Crippen MR) is 89.4 cm³/mol. The van der Waals surface area contributed by atoms with E-state index in [0.717, 1.165) is 23.9 Å². The quantitative estimate of drug-likeness (QED) is 0.850. The summed E-state index contributed by atoms with van der Waals surface area (Å²) >= 11 is 1.72. The first-order chi connectivity index (χ1) is 10.2. The van der Waals surface area contributed by atoms with Gasteiger partial charge < -0.3 is 15.0 Å². The molecule has 0 saturated carbocycles. The molecule has 1 N–H and O–H groups in total. The molecule has 0 unspecified atom stereocenters. The third kappa shape index (κ3) is 3.81. The molecule has 21 heavy (non-hydrogen) atoms. The topological polar surface area (TPSA) is 37.4 Å². The second-order valence-electron chi connectivity index (χ2n) is 4.93. The van der Waals surface area contributed by atoms with Crippen molar-refractivity contribution in [3.63, 3.8) is 0 Å². The Morgan fingerprint density at radius 2 is 2.10 bits per heavy atom. The summed E-state index contributed by atoms with van der Waals surface area (Å²) in [5, 5.41) is 4.37. The molecule has 1 heterocycles. The number of rotatable bonds is 7. The maximum atomic E-state index is 5.27. The van der Waals surface area contributed by atoms with E-state index in [1.54, 1.807) is 18.4 Å². The largest absolute Gasteiger partial charge is 0.378 e. The van der Waals surface area contributed by atoms with Crippen LogP contribution in [0.3, 0.4) is 0 Å². The summed E-state index contributed by atoms with van der Waals surface area (Å²) in [6, 6.07) is 8.36. The Morgan fingerprint density at radius 1 is 1.33 bits per heavy atom. The number of hydrogen-bond acceptors (Lipinski definition) is 5. The molecule has 0 atom stereocenters. The third-order valence-electron chi connectivity index (χ3n) is 3.35. The summed E-state index contributed by atoms with van der Waals surface area (Å²) in [4.78, 5) is 8.14. The van der Waals surface area contributed by atoms with Crippen LogP contribution >= 0.6 is 11.3 Å². The van der Waals surface area contributed by atoms with Crippen molar-refractivity contribution in [2.45, 2.75) is 27.0 Å². The van der Waals surface area contributed by atoms with Crippen LogP contribution in [0.1, 0.15) is 23.1 Å². The molecule has 5 heteroatoms. The molecule has 2 aromatic rings. The van der Waals surface area contributed by atoms with Gasteiger partial charge in [0.05, 0.1) is 12.3 Å². The first-order valence-electron chi connectivity index (χ1n) is 7.15. The van der Waals surface area contributed by atoms with Gasteiger partial charge in [-0.1, -0.05) is 36.5 Å². The maximum absolute atomic E-state index is 5.27. The fraction of sp³-hybridized carbons (Fsp3) is 0.438. The highest BCUT2D eigenvalue weighted by Crippen LogP contribution is 2.32. The van der Waals surface area contributed by atoms with Crippen LogP contribution in [0.15, 0.2) is 24.3 Å². The third-order valence-corrected chi connectivity index (χ3v) is 4.52. The molecule has 1 aromatic carbocycles. The standard InChI is InChI=1S/C16H23N3OS/c1-5-17-10-15-13(11-20-4)18-16(21-15)19(3)14-9-7-6-8-12(14)2/h6-9,17H,5,10-11H2,1-4H3. The highest BCUT2D eigenvalue weighted by atomic mass is 32.1. The van der Waals surface area contributed by atoms with Crippen molar-refractivity contribution in [3.05, 3.63) is 40.4 Å². The number of methoxy groups -OCH3 is 1. The molecule has 2 rings (SSSR count). The van der Waals surface area contributed by atoms with Crippen LogP contribution in [-0.4, -0.2) is 25.7 Å². The Labute approximate surface area is 130 Å². The van der Waals surface area contributed by atoms with Gasteiger partial charge in [0.2, 0.25) is 0 Å². The highest BCUT2D eigenvalue weighted by molar-refractivity contribution is 7.15. The molecule has 0 spiro atoms. The number of nitrogens with zero attached hydrogens (tertiary/aromatic N) is 2. The van der Waals surface area contributed by atoms with E-state index < -0.39 is 0 Å². The number of aromatic nitrogens is 1. The zero-order chi connectivity index (χ0) is 15.2. The lowest BCUT2D eigenvalue weighted by Crippen LogP contribution is -2.12. The monoisotopic (exact) mass is 305 g/mol. The van der Waals surface area contributed by atoms with Gasteiger partial charge >= 0.3 is 0 Å². The molecule has 0 aliphatic rings. The molecule has 1 aromatic heterocycles. The second-order valence-corrected chi connectivity index (χ2v) is 5.99. The van der Waals surface area contributed by atoms with Gasteiger partial charge in [0.15, 0.2) is 5.13 Å². The van der Waals surface area contributed by atoms with Gasteiger partial charge in [0, 0.05) is 31.3 Å². The Hall–Kier alpha value is -1.43. The van der Waals surface area contributed by atoms with Crippen LogP contribution < -0.4 is 10.2 Å². The zero-order valence-electron chi connectivity index (χ0n) is 13.1. The van der Waals surface area contributed by atoms with E-state index in [2.05, 4.69) is 55.4 Å². The number of para-hydroxylation sites is 1. The molecule has 4 nitrogen and oxygen atoms in total. The van der Waals surface area contributed by atoms with Crippen LogP contribution in [-0.2, 0) is 17.9 Å². The van der Waals surface area contributed by atoms with Crippen LogP contribution in [0.4, 0.5) is 10.8 Å². The smallest absolute Gasteiger partial charge is 0.190 e. The van der Waals surface area contributed by atoms with E-state index >= 15 is 0 Å². The van der Waals surface area contributed by atoms with Crippen molar-refractivity contribution in [1.29, 1.82) is 0 Å². The summed E-state index contributed by atoms with van der Waals surface area (Å²) in [7, 11) is 3.77. The molecule has 0 amide bonds. The second kappa shape index (κ2) is 7.54. The molecular formula is C16H23N3OS. The average Bonchev–Trinajstić information content (AvgIpc) is 2.88. The number of anilines is 2. The molecule has 0 fully saturated rings. The summed E-state index contributed by atoms with van der Waals surface area (Å²) in [6.45, 7) is 6.58. The minimum absolute atomic E-state index is 0.554. The molecule has 0 aliphatic heterocycles. The Balaban J connectivity index is 2.28. The van der Waals surface area contributed by atoms with Crippen molar-refractivity contribution in [1.82, 2.24) is 10.3 Å². The van der Waals surface area contributed by atoms with Gasteiger partial charge in [-0.15, -0.1) is 0 Å². The average molecular weight is 305 g/mol. The molecule has 0 saturated heterocycles. The van der Waals surface area contributed by atoms with E-state index in [-0.39, 0.29) is 0 Å². The van der Waals surface area contributed by atoms with Crippen molar-refractivity contribution < 1.29 is 4.74 Å². The number of hydrogen-bond donors (Lipinski definition) is 1. The summed E-state index contributed by atoms with van der Waals surface area (Å²) in [6.07, 6.45) is 0. The van der Waals surface area contributed by atoms with Crippen molar-refractivity contribution >= 4 is 22.2 Å². The van der Waals surface area contributed by atoms with Gasteiger partial charge in [-0.3, -0.25) is 0 Å². The van der Waals surface area contributed by atoms with Gasteiger partial charge in [-0.25, -0.2) is 4.98 Å². The van der Waals surface area contributed by atoms with Crippen LogP contribution in [0, 0.1) is 6.92 Å². The van der Waals surface area contributed by atoms with E-state index in [4.69, 9.17) is 9.72 Å². The zero-order valence-corrected chi connectivity index (χ0v) is 14.0. The van der Waals surface area contributed by atoms with Crippen molar-refractivity contribution in [2.75, 3.05) is 25.6 Å². The van der Waals surface area contributed by atoms with E-state index in [0.29, 0.717) is 6.61 Å². The maximum Gasteiger partial charge on any atom is 0.190 e. The summed E-state index contributed by atoms with van der Waals surface area (Å²) in [5.41, 5.74) is 3.46. The van der Waals surface area contributed by atoms with E-state index in [1.807, 2.05) is 0 Å². The molecule has 0 bridgehead atoms. The van der Waals surface area contributed by atoms with Gasteiger partial charge in [0.25, 0.3) is 0 Å². The number of ether oxygens (including phenoxy) is 1. The number of thiazole rings is 1. The van der Waals surface area contributed by atoms with Gasteiger partial charge in [-0.2, -0.15) is 0 Å². The molecule has 114 valence electrons. The number of benzene rings is 1. The Bertz CT molecular complexity index is 583. The number of aryl methyl sites for hydroxylation is 1. The SMILES string of the molecule is CCNCc1sc(N(C)c2ccccc2C)nc1COC. The summed E-state index contributed by atoms with van der Waals surface area (Å²) < 4.78 is 5.27. The Morgan fingerprint density at radius 3 is 2.76 bits per heavy atom. The highest BCUT2D eigenvalue weighted by Gasteiger charge is 2.15. The minimum atomic E-state index is 0.554. The van der Waals surface area contributed by atoms with Crippen LogP contribution in [0.25, 0.3) is 0 Å².